The van der Waals surface area contributed by atoms with Gasteiger partial charge in [0.2, 0.25) is 11.8 Å². The molecule has 1 atom stereocenters. The highest BCUT2D eigenvalue weighted by molar-refractivity contribution is 7.99. The van der Waals surface area contributed by atoms with E-state index in [-0.39, 0.29) is 12.2 Å². The third-order valence-corrected chi connectivity index (χ3v) is 5.33. The molecule has 0 fully saturated rings. The van der Waals surface area contributed by atoms with Crippen molar-refractivity contribution < 1.29 is 23.4 Å². The summed E-state index contributed by atoms with van der Waals surface area (Å²) >= 11 is 1.14. The quantitative estimate of drug-likeness (QED) is 0.596. The number of methoxy groups -OCH3 is 2. The van der Waals surface area contributed by atoms with Gasteiger partial charge >= 0.3 is 0 Å². The number of nitrogens with zero attached hydrogens (tertiary/aromatic N) is 2. The smallest absolute Gasteiger partial charge is 0.220 e. The van der Waals surface area contributed by atoms with E-state index < -0.39 is 22.3 Å². The number of hydrogen-bond donors (Lipinski definition) is 1. The van der Waals surface area contributed by atoms with Crippen LogP contribution in [-0.4, -0.2) is 41.2 Å². The van der Waals surface area contributed by atoms with Crippen LogP contribution in [0.2, 0.25) is 0 Å². The zero-order valence-corrected chi connectivity index (χ0v) is 15.2. The summed E-state index contributed by atoms with van der Waals surface area (Å²) in [7, 11) is 2.93. The Hall–Kier alpha value is -1.93. The van der Waals surface area contributed by atoms with Crippen LogP contribution in [0.1, 0.15) is 19.4 Å². The molecule has 0 aliphatic heterocycles. The van der Waals surface area contributed by atoms with Crippen molar-refractivity contribution in [2.75, 3.05) is 20.8 Å². The molecule has 0 spiro atoms. The minimum atomic E-state index is -0.884. The Morgan fingerprint density at radius 1 is 1.12 bits per heavy atom. The standard InChI is InChI=1S/C17H20F2N2O3S/c1-17(2,11-7-10(18)5-6-12(11)19)13(9-22)25-16-20-14(23-3)8-15(21-16)24-4/h5-8,13,22H,9H2,1-4H3. The average Bonchev–Trinajstić information content (AvgIpc) is 2.60. The maximum atomic E-state index is 14.2. The number of aromatic nitrogens is 2. The van der Waals surface area contributed by atoms with Crippen molar-refractivity contribution in [3.05, 3.63) is 41.5 Å². The molecule has 8 heteroatoms. The van der Waals surface area contributed by atoms with Crippen LogP contribution < -0.4 is 9.47 Å². The molecule has 0 saturated heterocycles. The number of ether oxygens (including phenoxy) is 2. The Balaban J connectivity index is 2.37. The maximum absolute atomic E-state index is 14.2. The molecular weight excluding hydrogens is 350 g/mol. The normalized spacial score (nSPS) is 12.8. The molecule has 0 radical (unpaired) electrons. The monoisotopic (exact) mass is 370 g/mol. The van der Waals surface area contributed by atoms with Gasteiger partial charge < -0.3 is 14.6 Å². The molecule has 0 bridgehead atoms. The molecule has 25 heavy (non-hydrogen) atoms. The van der Waals surface area contributed by atoms with Gasteiger partial charge in [0.15, 0.2) is 5.16 Å². The van der Waals surface area contributed by atoms with E-state index in [9.17, 15) is 13.9 Å². The van der Waals surface area contributed by atoms with Gasteiger partial charge in [-0.1, -0.05) is 25.6 Å². The van der Waals surface area contributed by atoms with E-state index in [2.05, 4.69) is 9.97 Å². The fourth-order valence-electron chi connectivity index (χ4n) is 2.35. The second-order valence-electron chi connectivity index (χ2n) is 5.87. The van der Waals surface area contributed by atoms with Crippen molar-refractivity contribution in [1.82, 2.24) is 9.97 Å². The predicted molar refractivity (Wildman–Crippen MR) is 91.3 cm³/mol. The minimum Gasteiger partial charge on any atom is -0.481 e. The fourth-order valence-corrected chi connectivity index (χ4v) is 3.39. The Labute approximate surface area is 149 Å². The summed E-state index contributed by atoms with van der Waals surface area (Å²) < 4.78 is 38.0. The highest BCUT2D eigenvalue weighted by Crippen LogP contribution is 2.39. The molecule has 1 heterocycles. The number of aliphatic hydroxyl groups is 1. The zero-order valence-electron chi connectivity index (χ0n) is 14.4. The summed E-state index contributed by atoms with van der Waals surface area (Å²) in [5.41, 5.74) is -0.709. The highest BCUT2D eigenvalue weighted by atomic mass is 32.2. The van der Waals surface area contributed by atoms with Gasteiger partial charge in [0, 0.05) is 10.7 Å². The maximum Gasteiger partial charge on any atom is 0.220 e. The van der Waals surface area contributed by atoms with Crippen molar-refractivity contribution in [1.29, 1.82) is 0 Å². The molecule has 2 rings (SSSR count). The molecule has 1 N–H and O–H groups in total. The molecule has 0 aliphatic rings. The zero-order chi connectivity index (χ0) is 18.6. The van der Waals surface area contributed by atoms with Crippen LogP contribution >= 0.6 is 11.8 Å². The van der Waals surface area contributed by atoms with Crippen molar-refractivity contribution in [3.8, 4) is 11.8 Å². The number of thioether (sulfide) groups is 1. The summed E-state index contributed by atoms with van der Waals surface area (Å²) in [6.07, 6.45) is 0. The minimum absolute atomic E-state index is 0.175. The molecule has 5 nitrogen and oxygen atoms in total. The molecule has 0 amide bonds. The predicted octanol–water partition coefficient (Wildman–Crippen LogP) is 3.20. The summed E-state index contributed by atoms with van der Waals surface area (Å²) in [5, 5.41) is 9.62. The third-order valence-electron chi connectivity index (χ3n) is 3.92. The first-order valence-corrected chi connectivity index (χ1v) is 8.40. The van der Waals surface area contributed by atoms with Crippen LogP contribution in [0.15, 0.2) is 29.4 Å². The lowest BCUT2D eigenvalue weighted by atomic mass is 9.81. The van der Waals surface area contributed by atoms with Gasteiger partial charge in [0.1, 0.15) is 11.6 Å². The van der Waals surface area contributed by atoms with E-state index in [1.54, 1.807) is 13.8 Å². The average molecular weight is 370 g/mol. The van der Waals surface area contributed by atoms with Crippen molar-refractivity contribution in [2.45, 2.75) is 29.7 Å². The van der Waals surface area contributed by atoms with E-state index >= 15 is 0 Å². The highest BCUT2D eigenvalue weighted by Gasteiger charge is 2.35. The number of hydrogen-bond acceptors (Lipinski definition) is 6. The Morgan fingerprint density at radius 2 is 1.72 bits per heavy atom. The van der Waals surface area contributed by atoms with E-state index in [0.717, 1.165) is 30.0 Å². The molecule has 1 aromatic carbocycles. The van der Waals surface area contributed by atoms with Crippen LogP contribution in [0, 0.1) is 11.6 Å². The summed E-state index contributed by atoms with van der Waals surface area (Å²) in [6.45, 7) is 3.18. The number of halogens is 2. The lowest BCUT2D eigenvalue weighted by molar-refractivity contribution is 0.257. The first-order valence-electron chi connectivity index (χ1n) is 7.52. The van der Waals surface area contributed by atoms with Crippen LogP contribution in [-0.2, 0) is 5.41 Å². The van der Waals surface area contributed by atoms with Crippen LogP contribution in [0.4, 0.5) is 8.78 Å². The molecule has 0 saturated carbocycles. The van der Waals surface area contributed by atoms with Gasteiger partial charge in [-0.2, -0.15) is 9.97 Å². The second-order valence-corrected chi connectivity index (χ2v) is 7.04. The van der Waals surface area contributed by atoms with Gasteiger partial charge in [-0.05, 0) is 23.8 Å². The largest absolute Gasteiger partial charge is 0.481 e. The van der Waals surface area contributed by atoms with E-state index in [4.69, 9.17) is 9.47 Å². The van der Waals surface area contributed by atoms with Gasteiger partial charge in [-0.3, -0.25) is 0 Å². The van der Waals surface area contributed by atoms with Crippen molar-refractivity contribution in [3.63, 3.8) is 0 Å². The van der Waals surface area contributed by atoms with Crippen LogP contribution in [0.5, 0.6) is 11.8 Å². The van der Waals surface area contributed by atoms with E-state index in [0.29, 0.717) is 16.9 Å². The molecule has 0 aliphatic carbocycles. The van der Waals surface area contributed by atoms with E-state index in [1.807, 2.05) is 0 Å². The molecule has 1 aromatic heterocycles. The van der Waals surface area contributed by atoms with Crippen LogP contribution in [0.3, 0.4) is 0 Å². The molecular formula is C17H20F2N2O3S. The van der Waals surface area contributed by atoms with Gasteiger partial charge in [0.05, 0.1) is 26.9 Å². The number of rotatable bonds is 7. The first-order chi connectivity index (χ1) is 11.8. The SMILES string of the molecule is COc1cc(OC)nc(SC(CO)C(C)(C)c2cc(F)ccc2F)n1. The van der Waals surface area contributed by atoms with Gasteiger partial charge in [-0.15, -0.1) is 0 Å². The molecule has 1 unspecified atom stereocenters. The van der Waals surface area contributed by atoms with Crippen LogP contribution in [0.25, 0.3) is 0 Å². The topological polar surface area (TPSA) is 64.5 Å². The lowest BCUT2D eigenvalue weighted by Crippen LogP contribution is -2.35. The molecule has 136 valence electrons. The van der Waals surface area contributed by atoms with Crippen molar-refractivity contribution >= 4 is 11.8 Å². The Bertz CT molecular complexity index is 722. The number of benzene rings is 1. The number of aliphatic hydroxyl groups excluding tert-OH is 1. The summed E-state index contributed by atoms with van der Waals surface area (Å²) in [5.74, 6) is -0.457. The lowest BCUT2D eigenvalue weighted by Gasteiger charge is -2.33. The van der Waals surface area contributed by atoms with Gasteiger partial charge in [-0.25, -0.2) is 8.78 Å². The fraction of sp³-hybridized carbons (Fsp3) is 0.412. The summed E-state index contributed by atoms with van der Waals surface area (Å²) in [4.78, 5) is 8.41. The Kier molecular flexibility index (Phi) is 6.18. The summed E-state index contributed by atoms with van der Waals surface area (Å²) in [6, 6.07) is 4.81. The Morgan fingerprint density at radius 3 is 2.24 bits per heavy atom. The first kappa shape index (κ1) is 19.4. The third kappa shape index (κ3) is 4.38. The van der Waals surface area contributed by atoms with Gasteiger partial charge in [0.25, 0.3) is 0 Å². The molecule has 2 aromatic rings. The van der Waals surface area contributed by atoms with Crippen molar-refractivity contribution in [2.24, 2.45) is 0 Å². The second kappa shape index (κ2) is 7.97. The van der Waals surface area contributed by atoms with E-state index in [1.165, 1.54) is 20.3 Å².